The number of imidazole rings is 1. The first-order valence-electron chi connectivity index (χ1n) is 9.67. The van der Waals surface area contributed by atoms with Gasteiger partial charge in [-0.25, -0.2) is 9.50 Å². The third-order valence-electron chi connectivity index (χ3n) is 5.32. The van der Waals surface area contributed by atoms with Crippen LogP contribution >= 0.6 is 0 Å². The fourth-order valence-corrected chi connectivity index (χ4v) is 3.70. The maximum absolute atomic E-state index is 12.5. The molecule has 0 saturated carbocycles. The Hall–Kier alpha value is -2.55. The molecule has 0 aromatic carbocycles. The minimum absolute atomic E-state index is 0.224. The number of piperidine rings is 1. The first kappa shape index (κ1) is 19.8. The quantitative estimate of drug-likeness (QED) is 0.751. The van der Waals surface area contributed by atoms with Gasteiger partial charge in [-0.3, -0.25) is 0 Å². The summed E-state index contributed by atoms with van der Waals surface area (Å²) in [6.07, 6.45) is 4.08. The summed E-state index contributed by atoms with van der Waals surface area (Å²) in [7, 11) is 2.12. The second-order valence-corrected chi connectivity index (χ2v) is 7.54. The molecule has 2 aromatic rings. The highest BCUT2D eigenvalue weighted by Crippen LogP contribution is 2.31. The summed E-state index contributed by atoms with van der Waals surface area (Å²) in [4.78, 5) is 6.62. The number of likely N-dealkylation sites (tertiary alicyclic amines) is 1. The molecule has 9 heteroatoms. The molecule has 6 nitrogen and oxygen atoms in total. The zero-order valence-electron chi connectivity index (χ0n) is 16.1. The minimum Gasteiger partial charge on any atom is -0.476 e. The highest BCUT2D eigenvalue weighted by atomic mass is 19.4. The molecule has 156 valence electrons. The number of nitrogens with zero attached hydrogens (tertiary/aromatic N) is 4. The van der Waals surface area contributed by atoms with Crippen LogP contribution in [-0.2, 0) is 4.74 Å². The number of alkyl halides is 3. The molecule has 1 atom stereocenters. The summed E-state index contributed by atoms with van der Waals surface area (Å²) in [6.45, 7) is 2.73. The van der Waals surface area contributed by atoms with Crippen molar-refractivity contribution in [3.05, 3.63) is 48.0 Å². The van der Waals surface area contributed by atoms with Crippen molar-refractivity contribution in [3.8, 4) is 5.88 Å². The van der Waals surface area contributed by atoms with Crippen molar-refractivity contribution < 1.29 is 22.6 Å². The standard InChI is InChI=1S/C20H23F3N4O2/c1-26-9-7-14(8-10-26)13-28-19-6-5-18-24-12-17(27(18)25-19)15-3-2-4-16(11-15)29-20(21,22)23/h2,4-6,11-12,14-15H,3,7-10,13H2,1H3. The molecule has 0 amide bonds. The summed E-state index contributed by atoms with van der Waals surface area (Å²) in [5.41, 5.74) is 1.31. The number of hydrogen-bond acceptors (Lipinski definition) is 5. The fraction of sp³-hybridized carbons (Fsp3) is 0.500. The van der Waals surface area contributed by atoms with Gasteiger partial charge in [-0.1, -0.05) is 6.08 Å². The van der Waals surface area contributed by atoms with Gasteiger partial charge in [0.05, 0.1) is 18.5 Å². The van der Waals surface area contributed by atoms with Gasteiger partial charge in [0.1, 0.15) is 5.76 Å². The van der Waals surface area contributed by atoms with Crippen LogP contribution < -0.4 is 4.74 Å². The second-order valence-electron chi connectivity index (χ2n) is 7.54. The smallest absolute Gasteiger partial charge is 0.476 e. The molecule has 2 aliphatic rings. The molecule has 1 saturated heterocycles. The Morgan fingerprint density at radius 3 is 2.76 bits per heavy atom. The van der Waals surface area contributed by atoms with Crippen molar-refractivity contribution >= 4 is 5.65 Å². The number of fused-ring (bicyclic) bond motifs is 1. The average molecular weight is 408 g/mol. The lowest BCUT2D eigenvalue weighted by Gasteiger charge is -2.28. The van der Waals surface area contributed by atoms with E-state index >= 15 is 0 Å². The van der Waals surface area contributed by atoms with E-state index in [1.807, 2.05) is 0 Å². The number of hydrogen-bond donors (Lipinski definition) is 0. The van der Waals surface area contributed by atoms with Gasteiger partial charge in [0.25, 0.3) is 0 Å². The van der Waals surface area contributed by atoms with Crippen LogP contribution in [0.4, 0.5) is 13.2 Å². The van der Waals surface area contributed by atoms with Crippen LogP contribution in [0.2, 0.25) is 0 Å². The number of aromatic nitrogens is 3. The van der Waals surface area contributed by atoms with E-state index in [9.17, 15) is 13.2 Å². The molecular formula is C20H23F3N4O2. The van der Waals surface area contributed by atoms with Crippen molar-refractivity contribution in [2.75, 3.05) is 26.7 Å². The highest BCUT2D eigenvalue weighted by Gasteiger charge is 2.32. The molecule has 1 aliphatic carbocycles. The summed E-state index contributed by atoms with van der Waals surface area (Å²) in [5.74, 6) is 0.444. The van der Waals surface area contributed by atoms with Crippen molar-refractivity contribution in [3.63, 3.8) is 0 Å². The Morgan fingerprint density at radius 2 is 2.00 bits per heavy atom. The molecule has 0 N–H and O–H groups in total. The molecule has 1 unspecified atom stereocenters. The van der Waals surface area contributed by atoms with Gasteiger partial charge < -0.3 is 14.4 Å². The van der Waals surface area contributed by atoms with Gasteiger partial charge in [0.2, 0.25) is 5.88 Å². The first-order chi connectivity index (χ1) is 13.9. The summed E-state index contributed by atoms with van der Waals surface area (Å²) in [6, 6.07) is 3.58. The maximum Gasteiger partial charge on any atom is 0.573 e. The van der Waals surface area contributed by atoms with E-state index in [4.69, 9.17) is 4.74 Å². The Balaban J connectivity index is 1.49. The van der Waals surface area contributed by atoms with Gasteiger partial charge in [-0.15, -0.1) is 18.3 Å². The molecule has 1 aliphatic heterocycles. The molecule has 3 heterocycles. The zero-order chi connectivity index (χ0) is 20.4. The van der Waals surface area contributed by atoms with E-state index in [2.05, 4.69) is 26.8 Å². The number of halogens is 3. The Kier molecular flexibility index (Phi) is 5.49. The predicted octanol–water partition coefficient (Wildman–Crippen LogP) is 3.91. The third kappa shape index (κ3) is 4.90. The topological polar surface area (TPSA) is 51.9 Å². The largest absolute Gasteiger partial charge is 0.573 e. The van der Waals surface area contributed by atoms with Crippen molar-refractivity contribution in [2.45, 2.75) is 31.5 Å². The van der Waals surface area contributed by atoms with E-state index in [1.54, 1.807) is 28.9 Å². The number of allylic oxidation sites excluding steroid dienone is 3. The van der Waals surface area contributed by atoms with Gasteiger partial charge in [-0.05, 0) is 63.5 Å². The van der Waals surface area contributed by atoms with Crippen LogP contribution in [0.15, 0.2) is 42.3 Å². The summed E-state index contributed by atoms with van der Waals surface area (Å²) in [5, 5.41) is 4.51. The molecule has 4 rings (SSSR count). The molecule has 0 radical (unpaired) electrons. The summed E-state index contributed by atoms with van der Waals surface area (Å²) < 4.78 is 49.2. The lowest BCUT2D eigenvalue weighted by atomic mass is 9.97. The summed E-state index contributed by atoms with van der Waals surface area (Å²) >= 11 is 0. The van der Waals surface area contributed by atoms with Crippen LogP contribution in [0.3, 0.4) is 0 Å². The Labute approximate surface area is 166 Å². The van der Waals surface area contributed by atoms with Crippen LogP contribution in [0.1, 0.15) is 30.9 Å². The monoisotopic (exact) mass is 408 g/mol. The van der Waals surface area contributed by atoms with Gasteiger partial charge in [0, 0.05) is 12.0 Å². The molecule has 29 heavy (non-hydrogen) atoms. The van der Waals surface area contributed by atoms with E-state index < -0.39 is 6.36 Å². The highest BCUT2D eigenvalue weighted by molar-refractivity contribution is 5.42. The number of ether oxygens (including phenoxy) is 2. The van der Waals surface area contributed by atoms with E-state index in [1.165, 1.54) is 12.2 Å². The zero-order valence-corrected chi connectivity index (χ0v) is 16.1. The van der Waals surface area contributed by atoms with E-state index in [0.29, 0.717) is 36.2 Å². The lowest BCUT2D eigenvalue weighted by Crippen LogP contribution is -2.32. The van der Waals surface area contributed by atoms with Crippen molar-refractivity contribution in [2.24, 2.45) is 5.92 Å². The van der Waals surface area contributed by atoms with Crippen LogP contribution in [0.25, 0.3) is 5.65 Å². The maximum atomic E-state index is 12.5. The van der Waals surface area contributed by atoms with E-state index in [0.717, 1.165) is 25.9 Å². The van der Waals surface area contributed by atoms with Gasteiger partial charge in [0.15, 0.2) is 5.65 Å². The Morgan fingerprint density at radius 1 is 1.21 bits per heavy atom. The van der Waals surface area contributed by atoms with E-state index in [-0.39, 0.29) is 11.7 Å². The minimum atomic E-state index is -4.72. The molecule has 0 bridgehead atoms. The van der Waals surface area contributed by atoms with Crippen LogP contribution in [0.5, 0.6) is 5.88 Å². The van der Waals surface area contributed by atoms with Crippen molar-refractivity contribution in [1.29, 1.82) is 0 Å². The van der Waals surface area contributed by atoms with Gasteiger partial charge in [-0.2, -0.15) is 0 Å². The molecule has 0 spiro atoms. The second kappa shape index (κ2) is 8.06. The molecule has 2 aromatic heterocycles. The third-order valence-corrected chi connectivity index (χ3v) is 5.32. The molecular weight excluding hydrogens is 385 g/mol. The van der Waals surface area contributed by atoms with Gasteiger partial charge >= 0.3 is 6.36 Å². The normalized spacial score (nSPS) is 21.4. The average Bonchev–Trinajstić information content (AvgIpc) is 3.10. The fourth-order valence-electron chi connectivity index (χ4n) is 3.70. The SMILES string of the molecule is CN1CCC(COc2ccc3ncc(C4C=C(OC(F)(F)F)C=CC4)n3n2)CC1. The Bertz CT molecular complexity index is 914. The van der Waals surface area contributed by atoms with Crippen LogP contribution in [-0.4, -0.2) is 52.6 Å². The number of rotatable bonds is 5. The first-order valence-corrected chi connectivity index (χ1v) is 9.67. The lowest BCUT2D eigenvalue weighted by molar-refractivity contribution is -0.303. The molecule has 1 fully saturated rings. The van der Waals surface area contributed by atoms with Crippen molar-refractivity contribution in [1.82, 2.24) is 19.5 Å². The van der Waals surface area contributed by atoms with Crippen LogP contribution in [0, 0.1) is 5.92 Å². The predicted molar refractivity (Wildman–Crippen MR) is 100 cm³/mol.